The fraction of sp³-hybridized carbons (Fsp3) is 0.387. The normalized spacial score (nSPS) is 18.6. The van der Waals surface area contributed by atoms with Crippen molar-refractivity contribution in [3.8, 4) is 11.5 Å². The summed E-state index contributed by atoms with van der Waals surface area (Å²) in [5.74, 6) is 1.21. The van der Waals surface area contributed by atoms with Crippen molar-refractivity contribution in [2.24, 2.45) is 0 Å². The maximum Gasteiger partial charge on any atom is 0.337 e. The molecule has 0 radical (unpaired) electrons. The summed E-state index contributed by atoms with van der Waals surface area (Å²) in [6.07, 6.45) is 0.862. The van der Waals surface area contributed by atoms with Crippen LogP contribution >= 0.6 is 11.8 Å². The van der Waals surface area contributed by atoms with E-state index < -0.39 is 17.9 Å². The third-order valence-electron chi connectivity index (χ3n) is 7.26. The van der Waals surface area contributed by atoms with E-state index in [2.05, 4.69) is 12.2 Å². The number of dihydropyridines is 1. The standard InChI is InChI=1S/C31H35NO7S/c1-6-40-14-13-39-31(35)27-18(2)32-23-15-22(21-11-12-25(36-3)26(17-21)37-4)16-24(33)29(23)28(27)19-7-9-20(10-8-19)30(34)38-5/h7-12,17,22,28,32H,6,13-16H2,1-5H3/t22-,28+/m0/s1. The van der Waals surface area contributed by atoms with Crippen LogP contribution in [0.5, 0.6) is 11.5 Å². The highest BCUT2D eigenvalue weighted by atomic mass is 32.2. The summed E-state index contributed by atoms with van der Waals surface area (Å²) in [4.78, 5) is 39.3. The van der Waals surface area contributed by atoms with Gasteiger partial charge in [-0.25, -0.2) is 9.59 Å². The molecule has 40 heavy (non-hydrogen) atoms. The number of allylic oxidation sites excluding steroid dienone is 3. The Morgan fingerprint density at radius 1 is 0.950 bits per heavy atom. The second kappa shape index (κ2) is 13.1. The van der Waals surface area contributed by atoms with Gasteiger partial charge in [-0.1, -0.05) is 25.1 Å². The van der Waals surface area contributed by atoms with Crippen molar-refractivity contribution in [2.45, 2.75) is 38.5 Å². The van der Waals surface area contributed by atoms with Gasteiger partial charge in [0.05, 0.1) is 32.5 Å². The first kappa shape index (κ1) is 29.3. The fourth-order valence-electron chi connectivity index (χ4n) is 5.33. The van der Waals surface area contributed by atoms with Crippen LogP contribution in [0, 0.1) is 0 Å². The Bertz CT molecular complexity index is 1350. The minimum Gasteiger partial charge on any atom is -0.493 e. The molecule has 1 aliphatic carbocycles. The molecule has 2 aliphatic rings. The summed E-state index contributed by atoms with van der Waals surface area (Å²) in [7, 11) is 4.50. The van der Waals surface area contributed by atoms with E-state index in [9.17, 15) is 14.4 Å². The highest BCUT2D eigenvalue weighted by molar-refractivity contribution is 7.99. The molecule has 0 saturated heterocycles. The zero-order chi connectivity index (χ0) is 28.8. The number of benzene rings is 2. The Kier molecular flexibility index (Phi) is 9.58. The van der Waals surface area contributed by atoms with E-state index in [0.717, 1.165) is 22.6 Å². The molecular weight excluding hydrogens is 530 g/mol. The van der Waals surface area contributed by atoms with Crippen LogP contribution in [0.1, 0.15) is 60.0 Å². The average Bonchev–Trinajstić information content (AvgIpc) is 2.97. The Morgan fingerprint density at radius 3 is 2.30 bits per heavy atom. The number of carbonyl (C=O) groups excluding carboxylic acids is 3. The maximum absolute atomic E-state index is 13.9. The van der Waals surface area contributed by atoms with Gasteiger partial charge in [-0.05, 0) is 60.4 Å². The molecule has 0 saturated carbocycles. The molecule has 1 aliphatic heterocycles. The van der Waals surface area contributed by atoms with Gasteiger partial charge in [-0.15, -0.1) is 0 Å². The minimum absolute atomic E-state index is 0.0464. The average molecular weight is 566 g/mol. The first-order valence-electron chi connectivity index (χ1n) is 13.2. The van der Waals surface area contributed by atoms with Crippen LogP contribution in [-0.2, 0) is 19.1 Å². The molecule has 2 aromatic carbocycles. The number of rotatable bonds is 10. The van der Waals surface area contributed by atoms with E-state index >= 15 is 0 Å². The van der Waals surface area contributed by atoms with Crippen LogP contribution in [-0.4, -0.2) is 57.2 Å². The topological polar surface area (TPSA) is 100 Å². The quantitative estimate of drug-likeness (QED) is 0.310. The number of methoxy groups -OCH3 is 3. The van der Waals surface area contributed by atoms with E-state index in [1.165, 1.54) is 7.11 Å². The van der Waals surface area contributed by atoms with Gasteiger partial charge in [-0.2, -0.15) is 11.8 Å². The summed E-state index contributed by atoms with van der Waals surface area (Å²) in [6, 6.07) is 12.6. The second-order valence-corrected chi connectivity index (χ2v) is 11.0. The first-order chi connectivity index (χ1) is 19.3. The van der Waals surface area contributed by atoms with Crippen LogP contribution < -0.4 is 14.8 Å². The monoisotopic (exact) mass is 565 g/mol. The largest absolute Gasteiger partial charge is 0.493 e. The molecule has 1 N–H and O–H groups in total. The molecule has 0 fully saturated rings. The van der Waals surface area contributed by atoms with Gasteiger partial charge in [0.1, 0.15) is 6.61 Å². The van der Waals surface area contributed by atoms with Gasteiger partial charge < -0.3 is 24.3 Å². The van der Waals surface area contributed by atoms with E-state index in [4.69, 9.17) is 18.9 Å². The third-order valence-corrected chi connectivity index (χ3v) is 8.12. The number of Topliss-reactive ketones (excluding diaryl/α,β-unsaturated/α-hetero) is 1. The molecular formula is C31H35NO7S. The molecule has 4 rings (SSSR count). The fourth-order valence-corrected chi connectivity index (χ4v) is 5.82. The van der Waals surface area contributed by atoms with Gasteiger partial charge in [-0.3, -0.25) is 4.79 Å². The molecule has 8 nitrogen and oxygen atoms in total. The number of esters is 2. The predicted molar refractivity (Wildman–Crippen MR) is 154 cm³/mol. The van der Waals surface area contributed by atoms with Crippen molar-refractivity contribution in [3.05, 3.63) is 81.7 Å². The van der Waals surface area contributed by atoms with Crippen molar-refractivity contribution in [1.29, 1.82) is 0 Å². The van der Waals surface area contributed by atoms with Gasteiger partial charge >= 0.3 is 11.9 Å². The molecule has 2 atom stereocenters. The molecule has 212 valence electrons. The summed E-state index contributed by atoms with van der Waals surface area (Å²) in [5, 5.41) is 3.37. The van der Waals surface area contributed by atoms with Crippen LogP contribution in [0.25, 0.3) is 0 Å². The SMILES string of the molecule is CCSCCOC(=O)C1=C(C)NC2=C(C(=O)C[C@@H](c3ccc(OC)c(OC)c3)C2)[C@@H]1c1ccc(C(=O)OC)cc1. The Morgan fingerprint density at radius 2 is 1.65 bits per heavy atom. The molecule has 2 aromatic rings. The van der Waals surface area contributed by atoms with Gasteiger partial charge in [0, 0.05) is 35.1 Å². The van der Waals surface area contributed by atoms with Gasteiger partial charge in [0.25, 0.3) is 0 Å². The highest BCUT2D eigenvalue weighted by Gasteiger charge is 2.41. The molecule has 0 spiro atoms. The van der Waals surface area contributed by atoms with Crippen molar-refractivity contribution in [1.82, 2.24) is 5.32 Å². The number of carbonyl (C=O) groups is 3. The Hall–Kier alpha value is -3.72. The van der Waals surface area contributed by atoms with E-state index in [0.29, 0.717) is 46.1 Å². The van der Waals surface area contributed by atoms with Crippen molar-refractivity contribution in [3.63, 3.8) is 0 Å². The van der Waals surface area contributed by atoms with Crippen molar-refractivity contribution < 1.29 is 33.3 Å². The lowest BCUT2D eigenvalue weighted by Crippen LogP contribution is -2.36. The summed E-state index contributed by atoms with van der Waals surface area (Å²) >= 11 is 1.69. The van der Waals surface area contributed by atoms with E-state index in [1.807, 2.05) is 25.1 Å². The van der Waals surface area contributed by atoms with Crippen LogP contribution in [0.4, 0.5) is 0 Å². The first-order valence-corrected chi connectivity index (χ1v) is 14.4. The smallest absolute Gasteiger partial charge is 0.337 e. The zero-order valence-electron chi connectivity index (χ0n) is 23.5. The highest BCUT2D eigenvalue weighted by Crippen LogP contribution is 2.46. The van der Waals surface area contributed by atoms with Crippen LogP contribution in [0.15, 0.2) is 65.0 Å². The van der Waals surface area contributed by atoms with Gasteiger partial charge in [0.2, 0.25) is 0 Å². The number of ether oxygens (including phenoxy) is 4. The Balaban J connectivity index is 1.72. The van der Waals surface area contributed by atoms with E-state index in [-0.39, 0.29) is 24.7 Å². The number of thioether (sulfide) groups is 1. The lowest BCUT2D eigenvalue weighted by molar-refractivity contribution is -0.138. The van der Waals surface area contributed by atoms with Crippen molar-refractivity contribution >= 4 is 29.5 Å². The third kappa shape index (κ3) is 6.04. The molecule has 0 bridgehead atoms. The second-order valence-electron chi connectivity index (χ2n) is 9.58. The van der Waals surface area contributed by atoms with Crippen molar-refractivity contribution in [2.75, 3.05) is 39.4 Å². The van der Waals surface area contributed by atoms with Gasteiger partial charge in [0.15, 0.2) is 17.3 Å². The Labute approximate surface area is 239 Å². The lowest BCUT2D eigenvalue weighted by Gasteiger charge is -2.36. The zero-order valence-corrected chi connectivity index (χ0v) is 24.3. The molecule has 0 amide bonds. The number of ketones is 1. The summed E-state index contributed by atoms with van der Waals surface area (Å²) in [5.41, 5.74) is 4.49. The number of nitrogens with one attached hydrogen (secondary N) is 1. The number of hydrogen-bond acceptors (Lipinski definition) is 9. The molecule has 9 heteroatoms. The van der Waals surface area contributed by atoms with Crippen LogP contribution in [0.3, 0.4) is 0 Å². The maximum atomic E-state index is 13.9. The van der Waals surface area contributed by atoms with Crippen LogP contribution in [0.2, 0.25) is 0 Å². The molecule has 0 unspecified atom stereocenters. The number of hydrogen-bond donors (Lipinski definition) is 1. The minimum atomic E-state index is -0.617. The lowest BCUT2D eigenvalue weighted by atomic mass is 9.71. The molecule has 0 aromatic heterocycles. The summed E-state index contributed by atoms with van der Waals surface area (Å²) < 4.78 is 21.3. The molecule has 1 heterocycles. The van der Waals surface area contributed by atoms with E-state index in [1.54, 1.807) is 50.2 Å². The predicted octanol–water partition coefficient (Wildman–Crippen LogP) is 5.15. The summed E-state index contributed by atoms with van der Waals surface area (Å²) in [6.45, 7) is 4.17.